The number of alkyl halides is 12. The molecule has 0 spiro atoms. The number of carbonyl (C=O) groups is 3. The third-order valence-corrected chi connectivity index (χ3v) is 10.8. The normalized spacial score (nSPS) is 14.4. The summed E-state index contributed by atoms with van der Waals surface area (Å²) in [7, 11) is 0. The fraction of sp³-hybridized carbons (Fsp3) is 0.588. The molecule has 3 rings (SSSR count). The summed E-state index contributed by atoms with van der Waals surface area (Å²) in [4.78, 5) is 36.4. The van der Waals surface area contributed by atoms with Gasteiger partial charge in [0.25, 0.3) is 0 Å². The van der Waals surface area contributed by atoms with E-state index < -0.39 is 130 Å². The van der Waals surface area contributed by atoms with Crippen LogP contribution in [0.2, 0.25) is 0 Å². The highest BCUT2D eigenvalue weighted by Gasteiger charge is 2.30. The monoisotopic (exact) mass is 1140 g/mol. The zero-order valence-corrected chi connectivity index (χ0v) is 44.2. The van der Waals surface area contributed by atoms with Gasteiger partial charge in [-0.25, -0.2) is 0 Å². The zero-order valence-electron chi connectivity index (χ0n) is 44.2. The Labute approximate surface area is 444 Å². The van der Waals surface area contributed by atoms with Crippen LogP contribution in [-0.2, 0) is 28.6 Å². The quantitative estimate of drug-likeness (QED) is 0.0395. The van der Waals surface area contributed by atoms with Crippen LogP contribution in [-0.4, -0.2) is 111 Å². The number of hydrogen-bond donors (Lipinski definition) is 6. The smallest absolute Gasteiger partial charge is 0.387 e. The van der Waals surface area contributed by atoms with E-state index in [0.717, 1.165) is 0 Å². The Morgan fingerprint density at radius 1 is 0.397 bits per heavy atom. The van der Waals surface area contributed by atoms with Crippen molar-refractivity contribution in [2.24, 2.45) is 16.2 Å². The van der Waals surface area contributed by atoms with Gasteiger partial charge in [-0.2, -0.15) is 52.7 Å². The lowest BCUT2D eigenvalue weighted by Crippen LogP contribution is -2.37. The van der Waals surface area contributed by atoms with Crippen LogP contribution in [0, 0.1) is 16.2 Å². The molecule has 27 heteroatoms. The van der Waals surface area contributed by atoms with Crippen molar-refractivity contribution in [1.29, 1.82) is 0 Å². The summed E-state index contributed by atoms with van der Waals surface area (Å²) in [6, 6.07) is 12.9. The van der Waals surface area contributed by atoms with Crippen LogP contribution < -0.4 is 30.2 Å². The minimum Gasteiger partial charge on any atom is -0.435 e. The maximum Gasteiger partial charge on any atom is 0.387 e. The highest BCUT2D eigenvalue weighted by atomic mass is 19.3. The Morgan fingerprint density at radius 3 is 0.795 bits per heavy atom. The molecule has 15 nitrogen and oxygen atoms in total. The molecule has 444 valence electrons. The Bertz CT molecular complexity index is 1980. The van der Waals surface area contributed by atoms with Gasteiger partial charge in [-0.3, -0.25) is 14.4 Å². The second kappa shape index (κ2) is 33.7. The molecule has 0 aliphatic carbocycles. The largest absolute Gasteiger partial charge is 0.435 e. The maximum atomic E-state index is 12.4. The van der Waals surface area contributed by atoms with E-state index in [1.54, 1.807) is 62.3 Å². The molecule has 3 amide bonds. The van der Waals surface area contributed by atoms with Gasteiger partial charge in [0.2, 0.25) is 17.7 Å². The molecule has 1 unspecified atom stereocenters. The first-order chi connectivity index (χ1) is 36.0. The Morgan fingerprint density at radius 2 is 0.615 bits per heavy atom. The second-order valence-corrected chi connectivity index (χ2v) is 20.3. The maximum absolute atomic E-state index is 12.4. The molecule has 0 aromatic heterocycles. The van der Waals surface area contributed by atoms with Crippen LogP contribution >= 0.6 is 0 Å². The molecule has 0 saturated heterocycles. The van der Waals surface area contributed by atoms with Crippen molar-refractivity contribution in [3.05, 3.63) is 89.5 Å². The van der Waals surface area contributed by atoms with E-state index in [1.807, 2.05) is 0 Å². The van der Waals surface area contributed by atoms with Crippen molar-refractivity contribution in [2.75, 3.05) is 19.8 Å². The molecule has 0 bridgehead atoms. The Balaban J connectivity index is 0.000000585. The van der Waals surface area contributed by atoms with Gasteiger partial charge >= 0.3 is 39.7 Å². The van der Waals surface area contributed by atoms with Crippen LogP contribution in [0.25, 0.3) is 0 Å². The highest BCUT2D eigenvalue weighted by Crippen LogP contribution is 2.28. The number of ether oxygens (including phenoxy) is 6. The third-order valence-electron chi connectivity index (χ3n) is 10.8. The molecule has 6 N–H and O–H groups in total. The fourth-order valence-corrected chi connectivity index (χ4v) is 6.10. The van der Waals surface area contributed by atoms with Gasteiger partial charge in [-0.05, 0) is 69.3 Å². The van der Waals surface area contributed by atoms with Gasteiger partial charge in [0.15, 0.2) is 0 Å². The molecular weight excluding hydrogens is 1070 g/mol. The van der Waals surface area contributed by atoms with Crippen molar-refractivity contribution in [2.45, 2.75) is 158 Å². The minimum atomic E-state index is -3.06. The van der Waals surface area contributed by atoms with E-state index in [1.165, 1.54) is 72.8 Å². The van der Waals surface area contributed by atoms with E-state index in [0.29, 0.717) is 0 Å². The van der Waals surface area contributed by atoms with Gasteiger partial charge in [-0.15, -0.1) is 0 Å². The summed E-state index contributed by atoms with van der Waals surface area (Å²) in [5.41, 5.74) is -0.876. The zero-order chi connectivity index (χ0) is 59.7. The number of rotatable bonds is 27. The van der Waals surface area contributed by atoms with Gasteiger partial charge < -0.3 is 59.7 Å². The van der Waals surface area contributed by atoms with E-state index in [4.69, 9.17) is 0 Å². The molecule has 0 heterocycles. The first-order valence-electron chi connectivity index (χ1n) is 23.7. The molecule has 0 aliphatic rings. The molecule has 0 fully saturated rings. The fourth-order valence-electron chi connectivity index (χ4n) is 6.10. The Kier molecular flexibility index (Phi) is 30.5. The lowest BCUT2D eigenvalue weighted by atomic mass is 9.87. The SMILES string of the molecule is CC(C)(C)C(O)CC(=O)N[C@@H](COC(F)F)c1cccc(OC(F)F)c1.CC(C)(C)[C@@H](O)CC(=O)N[C@@H](COC(F)F)c1cccc(OC(F)F)c1.CC(C)(C)[C@H](O)CC(=O)N[C@@H](COC(F)F)c1cccc(OC(F)F)c1. The predicted molar refractivity (Wildman–Crippen MR) is 258 cm³/mol. The van der Waals surface area contributed by atoms with E-state index in [2.05, 4.69) is 44.4 Å². The number of benzene rings is 3. The molecule has 0 saturated carbocycles. The average Bonchev–Trinajstić information content (AvgIpc) is 3.29. The summed E-state index contributed by atoms with van der Waals surface area (Å²) in [5.74, 6) is -2.29. The number of hydrogen-bond acceptors (Lipinski definition) is 12. The molecule has 3 aromatic rings. The average molecular weight is 1140 g/mol. The topological polar surface area (TPSA) is 203 Å². The molecule has 3 aromatic carbocycles. The summed E-state index contributed by atoms with van der Waals surface area (Å²) < 4.78 is 174. The molecule has 0 aliphatic heterocycles. The van der Waals surface area contributed by atoms with Gasteiger partial charge in [0.05, 0.1) is 75.5 Å². The lowest BCUT2D eigenvalue weighted by Gasteiger charge is -2.26. The van der Waals surface area contributed by atoms with Gasteiger partial charge in [-0.1, -0.05) is 98.7 Å². The number of amides is 3. The summed E-state index contributed by atoms with van der Waals surface area (Å²) in [5, 5.41) is 37.4. The first kappa shape index (κ1) is 70.4. The molecule has 6 atom stereocenters. The number of carbonyl (C=O) groups excluding carboxylic acids is 3. The standard InChI is InChI=1S/3C17H23F4NO4/c3*1-17(2,3)13(23)8-14(24)22-12(9-25-15(18)19)10-5-4-6-11(7-10)26-16(20)21/h3*4-7,12-13,15-16,23H,8-9H2,1-3H3,(H,22,24)/t12-,13?;12-,13+;12-,13-/m000/s1. The number of halogens is 12. The highest BCUT2D eigenvalue weighted by molar-refractivity contribution is 5.78. The van der Waals surface area contributed by atoms with Crippen LogP contribution in [0.15, 0.2) is 72.8 Å². The van der Waals surface area contributed by atoms with Crippen molar-refractivity contribution in [3.8, 4) is 17.2 Å². The van der Waals surface area contributed by atoms with Crippen molar-refractivity contribution < 1.29 is 111 Å². The van der Waals surface area contributed by atoms with Gasteiger partial charge in [0.1, 0.15) is 17.2 Å². The first-order valence-corrected chi connectivity index (χ1v) is 23.7. The van der Waals surface area contributed by atoms with Crippen molar-refractivity contribution in [3.63, 3.8) is 0 Å². The number of aliphatic hydroxyl groups excluding tert-OH is 3. The van der Waals surface area contributed by atoms with Crippen LogP contribution in [0.4, 0.5) is 52.7 Å². The summed E-state index contributed by atoms with van der Waals surface area (Å²) in [6.45, 7) is -4.35. The molecule has 78 heavy (non-hydrogen) atoms. The molecule has 0 radical (unpaired) electrons. The second-order valence-electron chi connectivity index (χ2n) is 20.3. The third kappa shape index (κ3) is 30.5. The van der Waals surface area contributed by atoms with E-state index >= 15 is 0 Å². The van der Waals surface area contributed by atoms with E-state index in [-0.39, 0.29) is 53.2 Å². The minimum absolute atomic E-state index is 0.177. The van der Waals surface area contributed by atoms with Crippen LogP contribution in [0.3, 0.4) is 0 Å². The Hall–Kier alpha value is -5.61. The predicted octanol–water partition coefficient (Wildman–Crippen LogP) is 10.4. The van der Waals surface area contributed by atoms with Crippen molar-refractivity contribution in [1.82, 2.24) is 16.0 Å². The van der Waals surface area contributed by atoms with Gasteiger partial charge in [0, 0.05) is 0 Å². The van der Waals surface area contributed by atoms with Crippen LogP contribution in [0.5, 0.6) is 17.2 Å². The lowest BCUT2D eigenvalue weighted by molar-refractivity contribution is -0.140. The van der Waals surface area contributed by atoms with E-state index in [9.17, 15) is 82.4 Å². The molecular formula is C51H69F12N3O12. The summed E-state index contributed by atoms with van der Waals surface area (Å²) in [6.07, 6.45) is -3.60. The number of nitrogens with one attached hydrogen (secondary N) is 3. The summed E-state index contributed by atoms with van der Waals surface area (Å²) >= 11 is 0. The van der Waals surface area contributed by atoms with Crippen molar-refractivity contribution >= 4 is 17.7 Å². The van der Waals surface area contributed by atoms with Crippen LogP contribution in [0.1, 0.15) is 116 Å². The number of aliphatic hydroxyl groups is 3.